The van der Waals surface area contributed by atoms with Gasteiger partial charge in [-0.3, -0.25) is 4.90 Å². The van der Waals surface area contributed by atoms with Gasteiger partial charge in [-0.05, 0) is 49.3 Å². The third kappa shape index (κ3) is 6.64. The lowest BCUT2D eigenvalue weighted by molar-refractivity contribution is 0.0374. The number of morpholine rings is 1. The molecule has 0 bridgehead atoms. The Hall–Kier alpha value is -1.21. The van der Waals surface area contributed by atoms with Crippen LogP contribution in [-0.2, 0) is 17.9 Å². The van der Waals surface area contributed by atoms with E-state index in [2.05, 4.69) is 10.2 Å². The zero-order valence-corrected chi connectivity index (χ0v) is 19.3. The Balaban J connectivity index is 1.53. The van der Waals surface area contributed by atoms with Crippen molar-refractivity contribution in [2.24, 2.45) is 0 Å². The van der Waals surface area contributed by atoms with Crippen molar-refractivity contribution < 1.29 is 14.2 Å². The van der Waals surface area contributed by atoms with Gasteiger partial charge in [-0.15, -0.1) is 0 Å². The van der Waals surface area contributed by atoms with Crippen molar-refractivity contribution in [3.05, 3.63) is 56.5 Å². The normalized spacial score (nSPS) is 14.7. The van der Waals surface area contributed by atoms with Gasteiger partial charge < -0.3 is 19.5 Å². The van der Waals surface area contributed by atoms with Gasteiger partial charge >= 0.3 is 0 Å². The molecule has 0 spiro atoms. The SMILES string of the molecule is COc1cc(CNCCCN2CCOCC2)cc(Cl)c1OCc1c(Cl)cccc1Cl. The lowest BCUT2D eigenvalue weighted by atomic mass is 10.2. The van der Waals surface area contributed by atoms with Gasteiger partial charge in [0, 0.05) is 35.2 Å². The Bertz CT molecular complexity index is 809. The monoisotopic (exact) mass is 472 g/mol. The first kappa shape index (κ1) is 23.5. The maximum atomic E-state index is 6.48. The minimum Gasteiger partial charge on any atom is -0.493 e. The zero-order chi connectivity index (χ0) is 21.3. The van der Waals surface area contributed by atoms with E-state index in [1.54, 1.807) is 25.3 Å². The van der Waals surface area contributed by atoms with Crippen molar-refractivity contribution in [3.63, 3.8) is 0 Å². The topological polar surface area (TPSA) is 43.0 Å². The lowest BCUT2D eigenvalue weighted by Crippen LogP contribution is -2.37. The molecular formula is C22H27Cl3N2O3. The second-order valence-electron chi connectivity index (χ2n) is 7.08. The van der Waals surface area contributed by atoms with Crippen LogP contribution >= 0.6 is 34.8 Å². The van der Waals surface area contributed by atoms with E-state index in [9.17, 15) is 0 Å². The summed E-state index contributed by atoms with van der Waals surface area (Å²) in [7, 11) is 1.60. The summed E-state index contributed by atoms with van der Waals surface area (Å²) < 4.78 is 16.8. The summed E-state index contributed by atoms with van der Waals surface area (Å²) in [6.45, 7) is 6.63. The minimum absolute atomic E-state index is 0.202. The number of nitrogens with zero attached hydrogens (tertiary/aromatic N) is 1. The second kappa shape index (κ2) is 12.0. The maximum absolute atomic E-state index is 6.48. The third-order valence-electron chi connectivity index (χ3n) is 4.97. The van der Waals surface area contributed by atoms with Crippen molar-refractivity contribution in [3.8, 4) is 11.5 Å². The standard InChI is InChI=1S/C22H27Cl3N2O3/c1-28-21-13-16(14-26-6-3-7-27-8-10-29-11-9-27)12-20(25)22(21)30-15-17-18(23)4-2-5-19(17)24/h2,4-5,12-13,26H,3,6-11,14-15H2,1H3. The molecule has 30 heavy (non-hydrogen) atoms. The average Bonchev–Trinajstić information content (AvgIpc) is 2.74. The highest BCUT2D eigenvalue weighted by molar-refractivity contribution is 6.36. The fraction of sp³-hybridized carbons (Fsp3) is 0.455. The Labute approximate surface area is 193 Å². The molecular weight excluding hydrogens is 447 g/mol. The van der Waals surface area contributed by atoms with Crippen LogP contribution in [0.25, 0.3) is 0 Å². The van der Waals surface area contributed by atoms with Gasteiger partial charge in [0.05, 0.1) is 25.3 Å². The molecule has 2 aromatic carbocycles. The zero-order valence-electron chi connectivity index (χ0n) is 17.1. The largest absolute Gasteiger partial charge is 0.493 e. The van der Waals surface area contributed by atoms with Crippen LogP contribution in [0.15, 0.2) is 30.3 Å². The van der Waals surface area contributed by atoms with E-state index in [0.717, 1.165) is 51.4 Å². The van der Waals surface area contributed by atoms with Crippen LogP contribution in [0.2, 0.25) is 15.1 Å². The van der Waals surface area contributed by atoms with Crippen LogP contribution in [0.1, 0.15) is 17.5 Å². The summed E-state index contributed by atoms with van der Waals surface area (Å²) in [5, 5.41) is 5.06. The summed E-state index contributed by atoms with van der Waals surface area (Å²) in [5.41, 5.74) is 1.75. The molecule has 5 nitrogen and oxygen atoms in total. The Kier molecular flexibility index (Phi) is 9.37. The molecule has 0 saturated carbocycles. The van der Waals surface area contributed by atoms with Gasteiger partial charge in [0.1, 0.15) is 6.61 Å². The molecule has 1 saturated heterocycles. The van der Waals surface area contributed by atoms with Crippen LogP contribution in [0.3, 0.4) is 0 Å². The van der Waals surface area contributed by atoms with Crippen LogP contribution in [0, 0.1) is 0 Å². The average molecular weight is 474 g/mol. The second-order valence-corrected chi connectivity index (χ2v) is 8.30. The molecule has 164 valence electrons. The van der Waals surface area contributed by atoms with Crippen molar-refractivity contribution in [2.45, 2.75) is 19.6 Å². The Morgan fingerprint density at radius 1 is 1.07 bits per heavy atom. The van der Waals surface area contributed by atoms with Crippen LogP contribution in [0.4, 0.5) is 0 Å². The Morgan fingerprint density at radius 3 is 2.50 bits per heavy atom. The fourth-order valence-electron chi connectivity index (χ4n) is 3.32. The number of rotatable bonds is 10. The molecule has 1 aliphatic heterocycles. The smallest absolute Gasteiger partial charge is 0.180 e. The van der Waals surface area contributed by atoms with Gasteiger partial charge in [-0.2, -0.15) is 0 Å². The third-order valence-corrected chi connectivity index (χ3v) is 5.96. The van der Waals surface area contributed by atoms with E-state index >= 15 is 0 Å². The summed E-state index contributed by atoms with van der Waals surface area (Å²) in [6.07, 6.45) is 1.09. The van der Waals surface area contributed by atoms with Crippen LogP contribution in [-0.4, -0.2) is 51.4 Å². The highest BCUT2D eigenvalue weighted by Gasteiger charge is 2.15. The molecule has 3 rings (SSSR count). The molecule has 0 unspecified atom stereocenters. The summed E-state index contributed by atoms with van der Waals surface area (Å²) in [6, 6.07) is 9.18. The molecule has 2 aromatic rings. The summed E-state index contributed by atoms with van der Waals surface area (Å²) >= 11 is 18.9. The van der Waals surface area contributed by atoms with E-state index < -0.39 is 0 Å². The van der Waals surface area contributed by atoms with Crippen molar-refractivity contribution >= 4 is 34.8 Å². The molecule has 0 atom stereocenters. The molecule has 0 aromatic heterocycles. The highest BCUT2D eigenvalue weighted by atomic mass is 35.5. The summed E-state index contributed by atoms with van der Waals surface area (Å²) in [5.74, 6) is 1.06. The predicted molar refractivity (Wildman–Crippen MR) is 122 cm³/mol. The van der Waals surface area contributed by atoms with Crippen molar-refractivity contribution in [1.29, 1.82) is 0 Å². The number of hydrogen-bond donors (Lipinski definition) is 1. The first-order chi connectivity index (χ1) is 14.6. The molecule has 1 heterocycles. The van der Waals surface area contributed by atoms with E-state index in [0.29, 0.717) is 38.7 Å². The van der Waals surface area contributed by atoms with E-state index in [1.807, 2.05) is 12.1 Å². The Morgan fingerprint density at radius 2 is 1.80 bits per heavy atom. The van der Waals surface area contributed by atoms with Gasteiger partial charge in [0.25, 0.3) is 0 Å². The quantitative estimate of drug-likeness (QED) is 0.489. The molecule has 1 aliphatic rings. The first-order valence-corrected chi connectivity index (χ1v) is 11.1. The van der Waals surface area contributed by atoms with Gasteiger partial charge in [-0.1, -0.05) is 40.9 Å². The fourth-order valence-corrected chi connectivity index (χ4v) is 4.11. The number of benzene rings is 2. The van der Waals surface area contributed by atoms with Crippen molar-refractivity contribution in [2.75, 3.05) is 46.5 Å². The first-order valence-electron chi connectivity index (χ1n) is 10.0. The van der Waals surface area contributed by atoms with Gasteiger partial charge in [0.2, 0.25) is 0 Å². The molecule has 0 aliphatic carbocycles. The van der Waals surface area contributed by atoms with Crippen LogP contribution in [0.5, 0.6) is 11.5 Å². The molecule has 1 N–H and O–H groups in total. The van der Waals surface area contributed by atoms with E-state index in [-0.39, 0.29) is 6.61 Å². The maximum Gasteiger partial charge on any atom is 0.180 e. The van der Waals surface area contributed by atoms with Gasteiger partial charge in [0.15, 0.2) is 11.5 Å². The summed E-state index contributed by atoms with van der Waals surface area (Å²) in [4.78, 5) is 2.43. The molecule has 8 heteroatoms. The number of methoxy groups -OCH3 is 1. The van der Waals surface area contributed by atoms with E-state index in [1.165, 1.54) is 0 Å². The molecule has 0 amide bonds. The lowest BCUT2D eigenvalue weighted by Gasteiger charge is -2.26. The number of nitrogens with one attached hydrogen (secondary N) is 1. The molecule has 0 radical (unpaired) electrons. The minimum atomic E-state index is 0.202. The molecule has 1 fully saturated rings. The van der Waals surface area contributed by atoms with E-state index in [4.69, 9.17) is 49.0 Å². The van der Waals surface area contributed by atoms with Gasteiger partial charge in [-0.25, -0.2) is 0 Å². The van der Waals surface area contributed by atoms with Crippen LogP contribution < -0.4 is 14.8 Å². The number of hydrogen-bond acceptors (Lipinski definition) is 5. The predicted octanol–water partition coefficient (Wildman–Crippen LogP) is 5.05. The van der Waals surface area contributed by atoms with Crippen molar-refractivity contribution in [1.82, 2.24) is 10.2 Å². The number of ether oxygens (including phenoxy) is 3. The number of halogens is 3. The highest BCUT2D eigenvalue weighted by Crippen LogP contribution is 2.38.